The van der Waals surface area contributed by atoms with Crippen LogP contribution in [-0.2, 0) is 19.7 Å². The number of nitrogens with zero attached hydrogens (tertiary/aromatic N) is 1. The summed E-state index contributed by atoms with van der Waals surface area (Å²) in [7, 11) is -3.69. The maximum atomic E-state index is 11.4. The van der Waals surface area contributed by atoms with E-state index < -0.39 is 21.9 Å². The Labute approximate surface area is 123 Å². The molecule has 7 nitrogen and oxygen atoms in total. The summed E-state index contributed by atoms with van der Waals surface area (Å²) >= 11 is 0. The molecule has 1 heterocycles. The van der Waals surface area contributed by atoms with Gasteiger partial charge in [-0.15, -0.1) is 0 Å². The zero-order chi connectivity index (χ0) is 15.8. The molecule has 0 aromatic carbocycles. The van der Waals surface area contributed by atoms with Gasteiger partial charge in [-0.25, -0.2) is 0 Å². The van der Waals surface area contributed by atoms with Gasteiger partial charge in [0.05, 0.1) is 17.6 Å². The van der Waals surface area contributed by atoms with Crippen LogP contribution in [0.4, 0.5) is 0 Å². The van der Waals surface area contributed by atoms with E-state index in [0.29, 0.717) is 11.5 Å². The van der Waals surface area contributed by atoms with Crippen LogP contribution in [0.2, 0.25) is 0 Å². The summed E-state index contributed by atoms with van der Waals surface area (Å²) in [4.78, 5) is 22.8. The molecule has 2 aliphatic carbocycles. The summed E-state index contributed by atoms with van der Waals surface area (Å²) in [5, 5.41) is 9.45. The van der Waals surface area contributed by atoms with Crippen molar-refractivity contribution in [3.63, 3.8) is 0 Å². The maximum Gasteiger partial charge on any atom is 0.264 e. The number of rotatable bonds is 3. The van der Waals surface area contributed by atoms with Gasteiger partial charge in [0.2, 0.25) is 0 Å². The molecule has 2 N–H and O–H groups in total. The van der Waals surface area contributed by atoms with Crippen LogP contribution in [0, 0.1) is 23.7 Å². The monoisotopic (exact) mass is 317 g/mol. The van der Waals surface area contributed by atoms with Gasteiger partial charge >= 0.3 is 0 Å². The molecule has 2 fully saturated rings. The van der Waals surface area contributed by atoms with E-state index in [9.17, 15) is 18.0 Å². The van der Waals surface area contributed by atoms with Gasteiger partial charge in [-0.2, -0.15) is 13.5 Å². The molecule has 21 heavy (non-hydrogen) atoms. The zero-order valence-corrected chi connectivity index (χ0v) is 12.5. The number of carbonyl (C=O) groups excluding carboxylic acids is 2. The van der Waals surface area contributed by atoms with Gasteiger partial charge in [0.1, 0.15) is 0 Å². The molecular formula is C13H19NO6S. The Morgan fingerprint density at radius 2 is 1.67 bits per heavy atom. The fourth-order valence-corrected chi connectivity index (χ4v) is 3.87. The van der Waals surface area contributed by atoms with E-state index in [1.54, 1.807) is 0 Å². The molecule has 2 bridgehead atoms. The lowest BCUT2D eigenvalue weighted by Crippen LogP contribution is -2.29. The number of unbranched alkanes of at least 4 members (excludes halogenated alkanes) is 1. The maximum absolute atomic E-state index is 11.4. The van der Waals surface area contributed by atoms with Crippen molar-refractivity contribution in [1.29, 1.82) is 0 Å². The number of fused-ring (bicyclic) bond motifs is 5. The molecule has 0 spiro atoms. The van der Waals surface area contributed by atoms with E-state index in [2.05, 4.69) is 0 Å². The largest absolute Gasteiger partial charge is 0.286 e. The summed E-state index contributed by atoms with van der Waals surface area (Å²) < 4.78 is 28.0. The Kier molecular flexibility index (Phi) is 4.50. The summed E-state index contributed by atoms with van der Waals surface area (Å²) in [6, 6.07) is 0. The molecule has 0 aromatic rings. The molecule has 0 aromatic heterocycles. The fraction of sp³-hybridized carbons (Fsp3) is 0.692. The topological polar surface area (TPSA) is 112 Å². The van der Waals surface area contributed by atoms with Gasteiger partial charge in [-0.05, 0) is 24.7 Å². The van der Waals surface area contributed by atoms with Crippen molar-refractivity contribution in [2.45, 2.75) is 26.2 Å². The van der Waals surface area contributed by atoms with E-state index >= 15 is 0 Å². The minimum Gasteiger partial charge on any atom is -0.286 e. The molecule has 1 saturated heterocycles. The minimum absolute atomic E-state index is 0.108. The van der Waals surface area contributed by atoms with E-state index in [0.717, 1.165) is 12.8 Å². The Morgan fingerprint density at radius 1 is 1.19 bits per heavy atom. The van der Waals surface area contributed by atoms with Gasteiger partial charge < -0.3 is 0 Å². The number of carbonyl (C=O) groups is 2. The van der Waals surface area contributed by atoms with Gasteiger partial charge in [0.15, 0.2) is 0 Å². The van der Waals surface area contributed by atoms with Crippen molar-refractivity contribution in [2.75, 3.05) is 5.75 Å². The zero-order valence-electron chi connectivity index (χ0n) is 11.7. The van der Waals surface area contributed by atoms with Gasteiger partial charge in [0, 0.05) is 0 Å². The number of hydrogen-bond donors (Lipinski definition) is 2. The van der Waals surface area contributed by atoms with Crippen LogP contribution >= 0.6 is 0 Å². The van der Waals surface area contributed by atoms with Gasteiger partial charge in [-0.1, -0.05) is 25.5 Å². The first-order valence-electron chi connectivity index (χ1n) is 6.96. The highest BCUT2D eigenvalue weighted by Gasteiger charge is 2.59. The van der Waals surface area contributed by atoms with Crippen LogP contribution in [-0.4, -0.2) is 40.8 Å². The molecule has 2 amide bonds. The predicted octanol–water partition coefficient (Wildman–Crippen LogP) is 0.857. The van der Waals surface area contributed by atoms with Crippen LogP contribution < -0.4 is 0 Å². The number of hydrogen-bond acceptors (Lipinski definition) is 5. The second-order valence-corrected chi connectivity index (χ2v) is 7.20. The molecule has 8 heteroatoms. The first-order valence-corrected chi connectivity index (χ1v) is 8.57. The van der Waals surface area contributed by atoms with Crippen molar-refractivity contribution >= 4 is 21.9 Å². The highest BCUT2D eigenvalue weighted by atomic mass is 32.2. The lowest BCUT2D eigenvalue weighted by molar-refractivity contribution is -0.173. The first kappa shape index (κ1) is 16.1. The lowest BCUT2D eigenvalue weighted by atomic mass is 9.85. The molecule has 118 valence electrons. The Hall–Kier alpha value is -1.25. The number of imide groups is 1. The van der Waals surface area contributed by atoms with Crippen molar-refractivity contribution < 1.29 is 27.8 Å². The van der Waals surface area contributed by atoms with Crippen LogP contribution in [0.25, 0.3) is 0 Å². The molecule has 4 unspecified atom stereocenters. The van der Waals surface area contributed by atoms with Gasteiger partial charge in [-0.3, -0.25) is 19.3 Å². The highest BCUT2D eigenvalue weighted by Crippen LogP contribution is 2.51. The van der Waals surface area contributed by atoms with Crippen LogP contribution in [0.5, 0.6) is 0 Å². The first-order chi connectivity index (χ1) is 9.76. The lowest BCUT2D eigenvalue weighted by Gasteiger charge is -2.13. The van der Waals surface area contributed by atoms with Crippen molar-refractivity contribution in [3.8, 4) is 0 Å². The minimum atomic E-state index is -3.69. The van der Waals surface area contributed by atoms with E-state index in [-0.39, 0.29) is 29.4 Å². The predicted molar refractivity (Wildman–Crippen MR) is 72.7 cm³/mol. The summed E-state index contributed by atoms with van der Waals surface area (Å²) in [6.07, 6.45) is 6.23. The average molecular weight is 317 g/mol. The third-order valence-corrected chi connectivity index (χ3v) is 5.01. The molecule has 3 rings (SSSR count). The quantitative estimate of drug-likeness (QED) is 0.345. The smallest absolute Gasteiger partial charge is 0.264 e. The van der Waals surface area contributed by atoms with Crippen LogP contribution in [0.15, 0.2) is 12.2 Å². The standard InChI is InChI=1S/C9H9NO3.C4H10O3S/c11-8-6-4-1-2-5(3-4)7(6)9(12)10(8)13;1-2-3-4-8(5,6)7/h1-2,4-7,13H,3H2;2-4H2,1H3,(H,5,6,7). The Balaban J connectivity index is 0.000000177. The average Bonchev–Trinajstić information content (AvgIpc) is 3.07. The fourth-order valence-electron chi connectivity index (χ4n) is 3.21. The molecular weight excluding hydrogens is 298 g/mol. The van der Waals surface area contributed by atoms with Crippen molar-refractivity contribution in [2.24, 2.45) is 23.7 Å². The third kappa shape index (κ3) is 3.17. The number of allylic oxidation sites excluding steroid dienone is 2. The van der Waals surface area contributed by atoms with E-state index in [1.807, 2.05) is 19.1 Å². The second kappa shape index (κ2) is 5.86. The van der Waals surface area contributed by atoms with Gasteiger partial charge in [0.25, 0.3) is 21.9 Å². The highest BCUT2D eigenvalue weighted by molar-refractivity contribution is 7.85. The normalized spacial score (nSPS) is 33.2. The summed E-state index contributed by atoms with van der Waals surface area (Å²) in [6.45, 7) is 1.87. The van der Waals surface area contributed by atoms with Crippen molar-refractivity contribution in [3.05, 3.63) is 12.2 Å². The van der Waals surface area contributed by atoms with Crippen LogP contribution in [0.3, 0.4) is 0 Å². The van der Waals surface area contributed by atoms with E-state index in [1.165, 1.54) is 0 Å². The third-order valence-electron chi connectivity index (χ3n) is 4.20. The molecule has 4 atom stereocenters. The van der Waals surface area contributed by atoms with E-state index in [4.69, 9.17) is 9.76 Å². The number of amides is 2. The molecule has 1 saturated carbocycles. The summed E-state index contributed by atoms with van der Waals surface area (Å²) in [5.41, 5.74) is 0. The summed E-state index contributed by atoms with van der Waals surface area (Å²) in [5.74, 6) is -1.10. The van der Waals surface area contributed by atoms with Crippen LogP contribution in [0.1, 0.15) is 26.2 Å². The molecule has 3 aliphatic rings. The Morgan fingerprint density at radius 3 is 2.00 bits per heavy atom. The number of hydroxylamine groups is 2. The Bertz CT molecular complexity index is 539. The molecule has 0 radical (unpaired) electrons. The molecule has 1 aliphatic heterocycles. The SMILES string of the molecule is CCCCS(=O)(=O)O.O=C1C2C3C=CC(C3)C2C(=O)N1O. The second-order valence-electron chi connectivity index (χ2n) is 5.63. The van der Waals surface area contributed by atoms with Crippen molar-refractivity contribution in [1.82, 2.24) is 5.06 Å².